The van der Waals surface area contributed by atoms with Gasteiger partial charge in [0.15, 0.2) is 5.11 Å². The summed E-state index contributed by atoms with van der Waals surface area (Å²) in [6.45, 7) is 6.60. The highest BCUT2D eigenvalue weighted by Crippen LogP contribution is 2.21. The molecule has 0 aliphatic carbocycles. The van der Waals surface area contributed by atoms with E-state index in [-0.39, 0.29) is 5.82 Å². The summed E-state index contributed by atoms with van der Waals surface area (Å²) in [6, 6.07) is 14.8. The molecule has 0 radical (unpaired) electrons. The third-order valence-corrected chi connectivity index (χ3v) is 4.63. The van der Waals surface area contributed by atoms with E-state index in [0.29, 0.717) is 17.2 Å². The third-order valence-electron chi connectivity index (χ3n) is 4.44. The van der Waals surface area contributed by atoms with Gasteiger partial charge < -0.3 is 9.88 Å². The number of benzene rings is 2. The summed E-state index contributed by atoms with van der Waals surface area (Å²) in [5, 5.41) is 7.83. The predicted octanol–water partition coefficient (Wildman–Crippen LogP) is 4.92. The number of hydrogen-bond donors (Lipinski definition) is 2. The van der Waals surface area contributed by atoms with Crippen molar-refractivity contribution in [3.63, 3.8) is 0 Å². The van der Waals surface area contributed by atoms with Crippen molar-refractivity contribution in [3.8, 4) is 0 Å². The highest BCUT2D eigenvalue weighted by atomic mass is 32.1. The number of nitrogens with zero attached hydrogens (tertiary/aromatic N) is 2. The molecule has 0 aliphatic rings. The maximum Gasteiger partial charge on any atom is 0.191 e. The van der Waals surface area contributed by atoms with Gasteiger partial charge >= 0.3 is 0 Å². The number of thiocarbonyl (C=S) groups is 1. The molecule has 0 unspecified atom stereocenters. The molecular formula is C22H23FN4S. The summed E-state index contributed by atoms with van der Waals surface area (Å²) in [5.74, 6) is -0.216. The summed E-state index contributed by atoms with van der Waals surface area (Å²) in [5.41, 5.74) is 8.78. The number of nitrogens with one attached hydrogen (secondary N) is 2. The van der Waals surface area contributed by atoms with Crippen molar-refractivity contribution in [3.05, 3.63) is 88.5 Å². The van der Waals surface area contributed by atoms with Crippen molar-refractivity contribution in [1.82, 2.24) is 9.99 Å². The molecule has 0 aliphatic heterocycles. The average molecular weight is 395 g/mol. The summed E-state index contributed by atoms with van der Waals surface area (Å²) in [6.07, 6.45) is 3.56. The zero-order valence-electron chi connectivity index (χ0n) is 16.2. The standard InChI is InChI=1S/C22H23FN4S/c1-15-11-16(2)21(17(3)12-15)25-22(28)26-24-13-19-8-6-10-27(19)14-18-7-4-5-9-20(18)23/h4-13H,14H2,1-3H3,(H2,25,26,28). The summed E-state index contributed by atoms with van der Waals surface area (Å²) < 4.78 is 15.8. The van der Waals surface area contributed by atoms with Crippen LogP contribution in [0.25, 0.3) is 0 Å². The minimum Gasteiger partial charge on any atom is -0.342 e. The van der Waals surface area contributed by atoms with E-state index in [1.165, 1.54) is 11.6 Å². The second-order valence-electron chi connectivity index (χ2n) is 6.75. The van der Waals surface area contributed by atoms with Crippen LogP contribution < -0.4 is 10.7 Å². The number of halogens is 1. The number of aryl methyl sites for hydroxylation is 3. The lowest BCUT2D eigenvalue weighted by molar-refractivity contribution is 0.599. The van der Waals surface area contributed by atoms with E-state index < -0.39 is 0 Å². The molecule has 0 amide bonds. The van der Waals surface area contributed by atoms with Crippen LogP contribution in [-0.2, 0) is 6.54 Å². The number of hydrazone groups is 1. The third kappa shape index (κ3) is 4.84. The van der Waals surface area contributed by atoms with Gasteiger partial charge in [-0.25, -0.2) is 4.39 Å². The lowest BCUT2D eigenvalue weighted by Crippen LogP contribution is -2.25. The molecule has 144 valence electrons. The number of rotatable bonds is 5. The molecule has 3 rings (SSSR count). The van der Waals surface area contributed by atoms with Crippen molar-refractivity contribution in [2.45, 2.75) is 27.3 Å². The van der Waals surface area contributed by atoms with Crippen molar-refractivity contribution in [1.29, 1.82) is 0 Å². The van der Waals surface area contributed by atoms with Gasteiger partial charge in [-0.15, -0.1) is 0 Å². The monoisotopic (exact) mass is 394 g/mol. The molecule has 0 saturated carbocycles. The Kier molecular flexibility index (Phi) is 6.21. The second-order valence-corrected chi connectivity index (χ2v) is 7.16. The van der Waals surface area contributed by atoms with Crippen molar-refractivity contribution in [2.75, 3.05) is 5.32 Å². The highest BCUT2D eigenvalue weighted by molar-refractivity contribution is 7.80. The Morgan fingerprint density at radius 3 is 2.54 bits per heavy atom. The first-order valence-electron chi connectivity index (χ1n) is 9.00. The topological polar surface area (TPSA) is 41.4 Å². The van der Waals surface area contributed by atoms with E-state index in [4.69, 9.17) is 12.2 Å². The summed E-state index contributed by atoms with van der Waals surface area (Å²) in [7, 11) is 0. The second kappa shape index (κ2) is 8.80. The van der Waals surface area contributed by atoms with Gasteiger partial charge in [-0.1, -0.05) is 35.9 Å². The lowest BCUT2D eigenvalue weighted by atomic mass is 10.1. The average Bonchev–Trinajstić information content (AvgIpc) is 3.07. The van der Waals surface area contributed by atoms with Crippen molar-refractivity contribution >= 4 is 29.2 Å². The molecule has 2 aromatic carbocycles. The van der Waals surface area contributed by atoms with Gasteiger partial charge in [-0.05, 0) is 62.3 Å². The molecular weight excluding hydrogens is 371 g/mol. The smallest absolute Gasteiger partial charge is 0.191 e. The minimum absolute atomic E-state index is 0.216. The highest BCUT2D eigenvalue weighted by Gasteiger charge is 2.06. The molecule has 0 bridgehead atoms. The Hall–Kier alpha value is -2.99. The van der Waals surface area contributed by atoms with Crippen LogP contribution in [0.15, 0.2) is 59.8 Å². The molecule has 0 fully saturated rings. The Balaban J connectivity index is 1.64. The van der Waals surface area contributed by atoms with Gasteiger partial charge in [0.2, 0.25) is 0 Å². The van der Waals surface area contributed by atoms with Gasteiger partial charge in [0, 0.05) is 17.4 Å². The van der Waals surface area contributed by atoms with Crippen LogP contribution in [0.5, 0.6) is 0 Å². The lowest BCUT2D eigenvalue weighted by Gasteiger charge is -2.14. The Morgan fingerprint density at radius 2 is 1.82 bits per heavy atom. The first kappa shape index (κ1) is 19.8. The number of anilines is 1. The van der Waals surface area contributed by atoms with E-state index in [1.807, 2.05) is 42.8 Å². The van der Waals surface area contributed by atoms with Gasteiger partial charge in [-0.3, -0.25) is 5.43 Å². The van der Waals surface area contributed by atoms with Gasteiger partial charge in [-0.2, -0.15) is 5.10 Å². The Labute approximate surface area is 170 Å². The quantitative estimate of drug-likeness (QED) is 0.367. The predicted molar refractivity (Wildman–Crippen MR) is 118 cm³/mol. The van der Waals surface area contributed by atoms with Crippen LogP contribution in [0.1, 0.15) is 27.9 Å². The zero-order valence-corrected chi connectivity index (χ0v) is 17.0. The largest absolute Gasteiger partial charge is 0.342 e. The van der Waals surface area contributed by atoms with E-state index in [2.05, 4.69) is 34.9 Å². The van der Waals surface area contributed by atoms with E-state index in [9.17, 15) is 4.39 Å². The summed E-state index contributed by atoms with van der Waals surface area (Å²) >= 11 is 5.35. The fourth-order valence-corrected chi connectivity index (χ4v) is 3.33. The fourth-order valence-electron chi connectivity index (χ4n) is 3.17. The van der Waals surface area contributed by atoms with Crippen LogP contribution >= 0.6 is 12.2 Å². The minimum atomic E-state index is -0.216. The van der Waals surface area contributed by atoms with Crippen LogP contribution in [-0.4, -0.2) is 15.9 Å². The molecule has 0 saturated heterocycles. The van der Waals surface area contributed by atoms with E-state index in [1.54, 1.807) is 18.3 Å². The Morgan fingerprint density at radius 1 is 1.11 bits per heavy atom. The molecule has 6 heteroatoms. The first-order valence-corrected chi connectivity index (χ1v) is 9.41. The van der Waals surface area contributed by atoms with Gasteiger partial charge in [0.1, 0.15) is 5.82 Å². The molecule has 2 N–H and O–H groups in total. The maximum atomic E-state index is 13.9. The number of hydrogen-bond acceptors (Lipinski definition) is 2. The normalized spacial score (nSPS) is 11.0. The van der Waals surface area contributed by atoms with E-state index >= 15 is 0 Å². The Bertz CT molecular complexity index is 1000. The molecule has 0 atom stereocenters. The van der Waals surface area contributed by atoms with E-state index in [0.717, 1.165) is 22.5 Å². The first-order chi connectivity index (χ1) is 13.4. The van der Waals surface area contributed by atoms with Gasteiger partial charge in [0.25, 0.3) is 0 Å². The molecule has 3 aromatic rings. The number of aromatic nitrogens is 1. The van der Waals surface area contributed by atoms with Gasteiger partial charge in [0.05, 0.1) is 18.5 Å². The molecule has 4 nitrogen and oxygen atoms in total. The van der Waals surface area contributed by atoms with Crippen LogP contribution in [0, 0.1) is 26.6 Å². The maximum absolute atomic E-state index is 13.9. The van der Waals surface area contributed by atoms with Crippen molar-refractivity contribution < 1.29 is 4.39 Å². The fraction of sp³-hybridized carbons (Fsp3) is 0.182. The molecule has 1 heterocycles. The molecule has 28 heavy (non-hydrogen) atoms. The van der Waals surface area contributed by atoms with Crippen molar-refractivity contribution in [2.24, 2.45) is 5.10 Å². The van der Waals surface area contributed by atoms with Crippen LogP contribution in [0.4, 0.5) is 10.1 Å². The SMILES string of the molecule is Cc1cc(C)c(NC(=S)NN=Cc2cccn2Cc2ccccc2F)c(C)c1. The molecule has 1 aromatic heterocycles. The summed E-state index contributed by atoms with van der Waals surface area (Å²) in [4.78, 5) is 0. The van der Waals surface area contributed by atoms with Crippen LogP contribution in [0.3, 0.4) is 0 Å². The molecule has 0 spiro atoms. The zero-order chi connectivity index (χ0) is 20.1. The van der Waals surface area contributed by atoms with Crippen LogP contribution in [0.2, 0.25) is 0 Å².